The maximum Gasteiger partial charge on any atom is 0.412 e. The fourth-order valence-corrected chi connectivity index (χ4v) is 10.8. The minimum absolute atomic E-state index is 0.00936. The zero-order chi connectivity index (χ0) is 36.8. The lowest BCUT2D eigenvalue weighted by Crippen LogP contribution is -2.63. The van der Waals surface area contributed by atoms with E-state index in [2.05, 4.69) is 18.3 Å². The number of aliphatic hydroxyl groups is 2. The summed E-state index contributed by atoms with van der Waals surface area (Å²) >= 11 is 0. The SMILES string of the molecule is CC(C)(C)OC(=O)Nc1cc(Cc2ccc([C@@H]3O[C@@H]4C[C@H]5[C@@H]6CCC7=CC(=O)C=C[C@]7(C)C6[C@@H](O)CC5(C)[C@]4(C(=O)CO)O3)cc2)cc2c1OCC2. The number of aliphatic hydroxyl groups excluding tert-OH is 2. The third kappa shape index (κ3) is 5.48. The van der Waals surface area contributed by atoms with Gasteiger partial charge in [-0.15, -0.1) is 0 Å². The van der Waals surface area contributed by atoms with Crippen LogP contribution in [0.4, 0.5) is 10.5 Å². The van der Waals surface area contributed by atoms with Gasteiger partial charge in [-0.05, 0) is 99.6 Å². The average molecular weight is 712 g/mol. The molecule has 52 heavy (non-hydrogen) atoms. The minimum atomic E-state index is -1.40. The molecule has 4 aliphatic carbocycles. The Balaban J connectivity index is 1.02. The molecule has 8 rings (SSSR count). The van der Waals surface area contributed by atoms with Crippen molar-refractivity contribution < 1.29 is 43.5 Å². The first-order valence-corrected chi connectivity index (χ1v) is 18.6. The van der Waals surface area contributed by atoms with Gasteiger partial charge in [0.15, 0.2) is 23.5 Å². The topological polar surface area (TPSA) is 141 Å². The number of ether oxygens (including phenoxy) is 4. The van der Waals surface area contributed by atoms with Gasteiger partial charge < -0.3 is 29.2 Å². The molecule has 2 unspecified atom stereocenters. The van der Waals surface area contributed by atoms with Gasteiger partial charge in [0.2, 0.25) is 0 Å². The highest BCUT2D eigenvalue weighted by Crippen LogP contribution is 2.70. The molecule has 6 aliphatic rings. The molecule has 9 atom stereocenters. The largest absolute Gasteiger partial charge is 0.491 e. The van der Waals surface area contributed by atoms with Crippen molar-refractivity contribution in [1.82, 2.24) is 0 Å². The number of fused-ring (bicyclic) bond motifs is 8. The van der Waals surface area contributed by atoms with Gasteiger partial charge in [-0.3, -0.25) is 14.9 Å². The van der Waals surface area contributed by atoms with Gasteiger partial charge in [-0.1, -0.05) is 55.8 Å². The van der Waals surface area contributed by atoms with E-state index < -0.39 is 59.0 Å². The maximum atomic E-state index is 13.9. The average Bonchev–Trinajstić information content (AvgIpc) is 3.77. The number of hydrogen-bond acceptors (Lipinski definition) is 9. The summed E-state index contributed by atoms with van der Waals surface area (Å²) in [5, 5.41) is 25.1. The number of ketones is 2. The molecule has 0 aromatic heterocycles. The predicted molar refractivity (Wildman–Crippen MR) is 192 cm³/mol. The number of Topliss-reactive ketones (excluding diaryl/α,β-unsaturated/α-hetero) is 1. The Labute approximate surface area is 304 Å². The van der Waals surface area contributed by atoms with Gasteiger partial charge in [0.05, 0.1) is 24.5 Å². The molecule has 2 aromatic carbocycles. The highest BCUT2D eigenvalue weighted by Gasteiger charge is 2.75. The van der Waals surface area contributed by atoms with Crippen molar-refractivity contribution in [1.29, 1.82) is 0 Å². The molecule has 0 bridgehead atoms. The Hall–Kier alpha value is -3.83. The van der Waals surface area contributed by atoms with Gasteiger partial charge in [-0.25, -0.2) is 4.79 Å². The van der Waals surface area contributed by atoms with E-state index in [1.807, 2.05) is 64.1 Å². The Bertz CT molecular complexity index is 1880. The molecule has 2 aliphatic heterocycles. The van der Waals surface area contributed by atoms with Crippen LogP contribution in [0.2, 0.25) is 0 Å². The third-order valence-electron chi connectivity index (χ3n) is 12.9. The van der Waals surface area contributed by atoms with Crippen molar-refractivity contribution in [2.75, 3.05) is 18.5 Å². The van der Waals surface area contributed by atoms with E-state index >= 15 is 0 Å². The molecular formula is C42H49NO9. The number of hydrogen-bond donors (Lipinski definition) is 3. The van der Waals surface area contributed by atoms with E-state index in [0.717, 1.165) is 47.1 Å². The van der Waals surface area contributed by atoms with E-state index in [9.17, 15) is 24.6 Å². The van der Waals surface area contributed by atoms with Gasteiger partial charge in [0, 0.05) is 28.7 Å². The molecule has 276 valence electrons. The third-order valence-corrected chi connectivity index (χ3v) is 12.9. The number of amides is 1. The summed E-state index contributed by atoms with van der Waals surface area (Å²) in [5.74, 6) is 0.288. The first-order valence-electron chi connectivity index (χ1n) is 18.6. The molecule has 2 heterocycles. The summed E-state index contributed by atoms with van der Waals surface area (Å²) in [6.07, 6.45) is 6.53. The fourth-order valence-electron chi connectivity index (χ4n) is 10.8. The molecule has 4 fully saturated rings. The number of rotatable bonds is 6. The highest BCUT2D eigenvalue weighted by atomic mass is 16.7. The fraction of sp³-hybridized carbons (Fsp3) is 0.548. The zero-order valence-corrected chi connectivity index (χ0v) is 30.6. The van der Waals surface area contributed by atoms with Gasteiger partial charge in [0.1, 0.15) is 18.0 Å². The van der Waals surface area contributed by atoms with Crippen molar-refractivity contribution in [2.24, 2.45) is 28.6 Å². The molecule has 1 saturated heterocycles. The number of nitrogens with one attached hydrogen (secondary N) is 1. The quantitative estimate of drug-likeness (QED) is 0.321. The standard InChI is InChI=1S/C42H49NO9/c1-39(2,3)52-38(48)43-31-18-24(17-26-13-15-49-36(26)31)16-23-6-8-25(9-7-23)37-50-34-20-30-29-11-10-27-19-28(45)12-14-40(27,4)35(29)32(46)21-41(30,5)42(34,51-37)33(47)22-44/h6-9,12,14,17-19,29-30,32,34-35,37,44,46H,10-11,13,15-16,20-22H2,1-5H3,(H,43,48)/t29-,30-,32-,34+,35?,37+,40-,41?,42+/m0/s1. The maximum absolute atomic E-state index is 13.9. The molecule has 3 saturated carbocycles. The monoisotopic (exact) mass is 711 g/mol. The summed E-state index contributed by atoms with van der Waals surface area (Å²) in [6.45, 7) is 9.51. The number of benzene rings is 2. The summed E-state index contributed by atoms with van der Waals surface area (Å²) in [4.78, 5) is 38.7. The lowest BCUT2D eigenvalue weighted by Gasteiger charge is -2.59. The van der Waals surface area contributed by atoms with Crippen LogP contribution >= 0.6 is 0 Å². The number of carbonyl (C=O) groups is 3. The molecule has 3 N–H and O–H groups in total. The molecule has 0 spiro atoms. The number of anilines is 1. The summed E-state index contributed by atoms with van der Waals surface area (Å²) in [6, 6.07) is 12.0. The Morgan fingerprint density at radius 2 is 1.85 bits per heavy atom. The minimum Gasteiger partial charge on any atom is -0.491 e. The molecule has 1 amide bonds. The molecule has 10 heteroatoms. The Morgan fingerprint density at radius 3 is 2.58 bits per heavy atom. The lowest BCUT2D eigenvalue weighted by molar-refractivity contribution is -0.201. The van der Waals surface area contributed by atoms with Crippen molar-refractivity contribution in [3.63, 3.8) is 0 Å². The Kier molecular flexibility index (Phi) is 8.37. The smallest absolute Gasteiger partial charge is 0.412 e. The molecule has 0 radical (unpaired) electrons. The summed E-state index contributed by atoms with van der Waals surface area (Å²) in [5.41, 5.74) is 2.29. The van der Waals surface area contributed by atoms with Crippen molar-refractivity contribution in [3.05, 3.63) is 82.5 Å². The van der Waals surface area contributed by atoms with E-state index in [1.54, 1.807) is 12.2 Å². The van der Waals surface area contributed by atoms with Crippen LogP contribution in [0.5, 0.6) is 5.75 Å². The van der Waals surface area contributed by atoms with Crippen LogP contribution < -0.4 is 10.1 Å². The second kappa shape index (κ2) is 12.4. The summed E-state index contributed by atoms with van der Waals surface area (Å²) < 4.78 is 24.7. The highest BCUT2D eigenvalue weighted by molar-refractivity contribution is 6.01. The Morgan fingerprint density at radius 1 is 1.08 bits per heavy atom. The van der Waals surface area contributed by atoms with E-state index in [0.29, 0.717) is 37.3 Å². The van der Waals surface area contributed by atoms with Crippen LogP contribution in [0, 0.1) is 28.6 Å². The summed E-state index contributed by atoms with van der Waals surface area (Å²) in [7, 11) is 0. The second-order valence-electron chi connectivity index (χ2n) is 17.1. The normalized spacial score (nSPS) is 35.8. The van der Waals surface area contributed by atoms with Gasteiger partial charge >= 0.3 is 6.09 Å². The first-order chi connectivity index (χ1) is 24.6. The van der Waals surface area contributed by atoms with Crippen molar-refractivity contribution >= 4 is 23.3 Å². The van der Waals surface area contributed by atoms with Gasteiger partial charge in [-0.2, -0.15) is 0 Å². The zero-order valence-electron chi connectivity index (χ0n) is 30.6. The van der Waals surface area contributed by atoms with E-state index in [-0.39, 0.29) is 23.5 Å². The molecule has 10 nitrogen and oxygen atoms in total. The van der Waals surface area contributed by atoms with Crippen molar-refractivity contribution in [3.8, 4) is 5.75 Å². The molecular weight excluding hydrogens is 662 g/mol. The van der Waals surface area contributed by atoms with Crippen LogP contribution in [-0.4, -0.2) is 64.5 Å². The first kappa shape index (κ1) is 35.2. The predicted octanol–water partition coefficient (Wildman–Crippen LogP) is 6.16. The number of allylic oxidation sites excluding steroid dienone is 4. The van der Waals surface area contributed by atoms with Crippen LogP contribution in [-0.2, 0) is 36.6 Å². The van der Waals surface area contributed by atoms with Gasteiger partial charge in [0.25, 0.3) is 0 Å². The van der Waals surface area contributed by atoms with E-state index in [1.165, 1.54) is 0 Å². The van der Waals surface area contributed by atoms with Crippen molar-refractivity contribution in [2.45, 2.75) is 103 Å². The lowest BCUT2D eigenvalue weighted by atomic mass is 9.46. The van der Waals surface area contributed by atoms with E-state index in [4.69, 9.17) is 18.9 Å². The van der Waals surface area contributed by atoms with Crippen LogP contribution in [0.25, 0.3) is 0 Å². The number of carbonyl (C=O) groups excluding carboxylic acids is 3. The van der Waals surface area contributed by atoms with Crippen LogP contribution in [0.1, 0.15) is 88.8 Å². The second-order valence-corrected chi connectivity index (χ2v) is 17.1. The van der Waals surface area contributed by atoms with Crippen LogP contribution in [0.15, 0.2) is 60.2 Å². The molecule has 2 aromatic rings. The van der Waals surface area contributed by atoms with Crippen LogP contribution in [0.3, 0.4) is 0 Å².